The third kappa shape index (κ3) is 4.02. The molecule has 0 bridgehead atoms. The Hall–Kier alpha value is -3.09. The quantitative estimate of drug-likeness (QED) is 0.905. The van der Waals surface area contributed by atoms with Gasteiger partial charge in [-0.2, -0.15) is 0 Å². The highest BCUT2D eigenvalue weighted by molar-refractivity contribution is 6.05. The van der Waals surface area contributed by atoms with Gasteiger partial charge in [0.25, 0.3) is 5.91 Å². The van der Waals surface area contributed by atoms with Crippen LogP contribution in [0.3, 0.4) is 0 Å². The smallest absolute Gasteiger partial charge is 0.319 e. The largest absolute Gasteiger partial charge is 0.378 e. The number of amides is 3. The number of nitrogens with one attached hydrogen (secondary N) is 1. The Kier molecular flexibility index (Phi) is 5.30. The summed E-state index contributed by atoms with van der Waals surface area (Å²) in [5.74, 6) is -0.177. The minimum Gasteiger partial charge on any atom is -0.378 e. The van der Waals surface area contributed by atoms with Crippen LogP contribution < -0.4 is 10.2 Å². The van der Waals surface area contributed by atoms with Crippen LogP contribution in [0.5, 0.6) is 0 Å². The van der Waals surface area contributed by atoms with Gasteiger partial charge in [0.05, 0.1) is 5.56 Å². The predicted octanol–water partition coefficient (Wildman–Crippen LogP) is 2.44. The highest BCUT2D eigenvalue weighted by Crippen LogP contribution is 2.23. The molecule has 0 fully saturated rings. The van der Waals surface area contributed by atoms with Crippen LogP contribution in [0.1, 0.15) is 21.5 Å². The molecule has 3 rings (SSSR count). The van der Waals surface area contributed by atoms with Crippen molar-refractivity contribution >= 4 is 23.3 Å². The van der Waals surface area contributed by atoms with Gasteiger partial charge in [-0.1, -0.05) is 0 Å². The highest BCUT2D eigenvalue weighted by Gasteiger charge is 2.25. The average molecular weight is 367 g/mol. The summed E-state index contributed by atoms with van der Waals surface area (Å²) in [6, 6.07) is 7.65. The number of hydrogen-bond donors (Lipinski definition) is 1. The summed E-state index contributed by atoms with van der Waals surface area (Å²) < 4.78 is 0. The van der Waals surface area contributed by atoms with Gasteiger partial charge in [-0.25, -0.2) is 4.79 Å². The Balaban J connectivity index is 1.77. The van der Waals surface area contributed by atoms with Crippen molar-refractivity contribution in [3.63, 3.8) is 0 Å². The number of pyridine rings is 1. The number of anilines is 2. The van der Waals surface area contributed by atoms with E-state index in [4.69, 9.17) is 0 Å². The molecular formula is C20H25N5O2. The van der Waals surface area contributed by atoms with Crippen LogP contribution in [0.2, 0.25) is 0 Å². The molecule has 0 atom stereocenters. The second-order valence-corrected chi connectivity index (χ2v) is 7.07. The van der Waals surface area contributed by atoms with Crippen LogP contribution in [0.4, 0.5) is 16.2 Å². The topological polar surface area (TPSA) is 68.8 Å². The fourth-order valence-corrected chi connectivity index (χ4v) is 3.18. The zero-order valence-electron chi connectivity index (χ0n) is 16.2. The zero-order valence-corrected chi connectivity index (χ0v) is 16.2. The standard InChI is InChI=1S/C20H25N5O2/c1-23(2)16-7-5-15(6-8-16)22-19(26)18-12-21-11-14-13-25(10-9-17(14)18)20(27)24(3)4/h5-8,11-12H,9-10,13H2,1-4H3,(H,22,26). The molecule has 2 heterocycles. The van der Waals surface area contributed by atoms with Crippen molar-refractivity contribution in [3.05, 3.63) is 53.3 Å². The molecule has 0 spiro atoms. The second-order valence-electron chi connectivity index (χ2n) is 7.07. The molecule has 0 saturated heterocycles. The van der Waals surface area contributed by atoms with E-state index in [0.29, 0.717) is 25.1 Å². The minimum absolute atomic E-state index is 0.0310. The molecule has 7 heteroatoms. The summed E-state index contributed by atoms with van der Waals surface area (Å²) in [4.78, 5) is 34.5. The van der Waals surface area contributed by atoms with Crippen molar-refractivity contribution in [2.45, 2.75) is 13.0 Å². The molecule has 2 aromatic rings. The molecule has 27 heavy (non-hydrogen) atoms. The van der Waals surface area contributed by atoms with Crippen molar-refractivity contribution in [2.24, 2.45) is 0 Å². The van der Waals surface area contributed by atoms with Crippen LogP contribution >= 0.6 is 0 Å². The Morgan fingerprint density at radius 1 is 1.07 bits per heavy atom. The van der Waals surface area contributed by atoms with Gasteiger partial charge in [0.2, 0.25) is 0 Å². The maximum Gasteiger partial charge on any atom is 0.319 e. The lowest BCUT2D eigenvalue weighted by Gasteiger charge is -2.31. The number of nitrogens with zero attached hydrogens (tertiary/aromatic N) is 4. The molecule has 1 aromatic heterocycles. The van der Waals surface area contributed by atoms with E-state index < -0.39 is 0 Å². The van der Waals surface area contributed by atoms with Gasteiger partial charge in [-0.3, -0.25) is 9.78 Å². The van der Waals surface area contributed by atoms with Crippen molar-refractivity contribution < 1.29 is 9.59 Å². The summed E-state index contributed by atoms with van der Waals surface area (Å²) in [5.41, 5.74) is 4.27. The van der Waals surface area contributed by atoms with E-state index in [1.807, 2.05) is 43.3 Å². The first-order valence-electron chi connectivity index (χ1n) is 8.87. The SMILES string of the molecule is CN(C)C(=O)N1CCc2c(cncc2C(=O)Nc2ccc(N(C)C)cc2)C1. The lowest BCUT2D eigenvalue weighted by molar-refractivity contribution is 0.102. The van der Waals surface area contributed by atoms with Crippen molar-refractivity contribution in [1.29, 1.82) is 0 Å². The number of fused-ring (bicyclic) bond motifs is 1. The molecule has 1 N–H and O–H groups in total. The molecule has 1 aromatic carbocycles. The third-order valence-electron chi connectivity index (χ3n) is 4.68. The van der Waals surface area contributed by atoms with E-state index in [9.17, 15) is 9.59 Å². The van der Waals surface area contributed by atoms with Crippen LogP contribution in [0, 0.1) is 0 Å². The van der Waals surface area contributed by atoms with Crippen LogP contribution in [-0.4, -0.2) is 61.5 Å². The Morgan fingerprint density at radius 2 is 1.78 bits per heavy atom. The fourth-order valence-electron chi connectivity index (χ4n) is 3.18. The van der Waals surface area contributed by atoms with Crippen LogP contribution in [0.15, 0.2) is 36.7 Å². The summed E-state index contributed by atoms with van der Waals surface area (Å²) in [7, 11) is 7.42. The molecule has 3 amide bonds. The van der Waals surface area contributed by atoms with E-state index in [1.165, 1.54) is 0 Å². The molecular weight excluding hydrogens is 342 g/mol. The van der Waals surface area contributed by atoms with E-state index in [0.717, 1.165) is 22.5 Å². The average Bonchev–Trinajstić information content (AvgIpc) is 2.66. The highest BCUT2D eigenvalue weighted by atomic mass is 16.2. The molecule has 1 aliphatic rings. The van der Waals surface area contributed by atoms with Crippen molar-refractivity contribution in [1.82, 2.24) is 14.8 Å². The molecule has 0 saturated carbocycles. The number of carbonyl (C=O) groups is 2. The van der Waals surface area contributed by atoms with E-state index in [2.05, 4.69) is 10.3 Å². The second kappa shape index (κ2) is 7.65. The summed E-state index contributed by atoms with van der Waals surface area (Å²) in [5, 5.41) is 2.94. The first-order chi connectivity index (χ1) is 12.9. The lowest BCUT2D eigenvalue weighted by Crippen LogP contribution is -2.42. The number of carbonyl (C=O) groups excluding carboxylic acids is 2. The normalized spacial score (nSPS) is 13.0. The van der Waals surface area contributed by atoms with Crippen LogP contribution in [0.25, 0.3) is 0 Å². The van der Waals surface area contributed by atoms with E-state index in [1.54, 1.807) is 36.3 Å². The molecule has 0 aliphatic carbocycles. The Morgan fingerprint density at radius 3 is 2.41 bits per heavy atom. The number of hydrogen-bond acceptors (Lipinski definition) is 4. The van der Waals surface area contributed by atoms with Gasteiger partial charge >= 0.3 is 6.03 Å². The van der Waals surface area contributed by atoms with Gasteiger partial charge in [0.1, 0.15) is 0 Å². The Labute approximate surface area is 159 Å². The first-order valence-corrected chi connectivity index (χ1v) is 8.87. The van der Waals surface area contributed by atoms with Crippen LogP contribution in [-0.2, 0) is 13.0 Å². The number of aromatic nitrogens is 1. The summed E-state index contributed by atoms with van der Waals surface area (Å²) in [6.07, 6.45) is 3.98. The van der Waals surface area contributed by atoms with Gasteiger partial charge < -0.3 is 20.0 Å². The van der Waals surface area contributed by atoms with Gasteiger partial charge in [-0.05, 0) is 41.8 Å². The maximum absolute atomic E-state index is 12.8. The lowest BCUT2D eigenvalue weighted by atomic mass is 9.97. The summed E-state index contributed by atoms with van der Waals surface area (Å²) >= 11 is 0. The molecule has 142 valence electrons. The monoisotopic (exact) mass is 367 g/mol. The maximum atomic E-state index is 12.8. The van der Waals surface area contributed by atoms with E-state index in [-0.39, 0.29) is 11.9 Å². The number of urea groups is 1. The minimum atomic E-state index is -0.177. The van der Waals surface area contributed by atoms with Crippen molar-refractivity contribution in [3.8, 4) is 0 Å². The number of benzene rings is 1. The fraction of sp³-hybridized carbons (Fsp3) is 0.350. The van der Waals surface area contributed by atoms with Gasteiger partial charge in [0.15, 0.2) is 0 Å². The predicted molar refractivity (Wildman–Crippen MR) is 106 cm³/mol. The molecule has 0 unspecified atom stereocenters. The van der Waals surface area contributed by atoms with Gasteiger partial charge in [0, 0.05) is 65.0 Å². The van der Waals surface area contributed by atoms with Gasteiger partial charge in [-0.15, -0.1) is 0 Å². The van der Waals surface area contributed by atoms with E-state index >= 15 is 0 Å². The number of rotatable bonds is 3. The Bertz CT molecular complexity index is 846. The first kappa shape index (κ1) is 18.7. The van der Waals surface area contributed by atoms with Crippen molar-refractivity contribution in [2.75, 3.05) is 45.0 Å². The summed E-state index contributed by atoms with van der Waals surface area (Å²) in [6.45, 7) is 1.06. The molecule has 7 nitrogen and oxygen atoms in total. The molecule has 0 radical (unpaired) electrons. The molecule has 1 aliphatic heterocycles. The third-order valence-corrected chi connectivity index (χ3v) is 4.68. The zero-order chi connectivity index (χ0) is 19.6.